The number of hydrogen-bond donors (Lipinski definition) is 2. The number of carbonyl (C=O) groups is 1. The summed E-state index contributed by atoms with van der Waals surface area (Å²) in [6.45, 7) is 4.25. The number of thiophene rings is 1. The maximum atomic E-state index is 12.1. The van der Waals surface area contributed by atoms with Crippen LogP contribution in [0.25, 0.3) is 0 Å². The topological polar surface area (TPSA) is 41.1 Å². The van der Waals surface area contributed by atoms with Gasteiger partial charge in [-0.3, -0.25) is 4.79 Å². The molecule has 0 saturated carbocycles. The Bertz CT molecular complexity index is 401. The molecule has 0 bridgehead atoms. The average molecular weight is 287 g/mol. The lowest BCUT2D eigenvalue weighted by Crippen LogP contribution is -2.43. The van der Waals surface area contributed by atoms with Crippen LogP contribution in [0.4, 0.5) is 0 Å². The maximum absolute atomic E-state index is 12.1. The highest BCUT2D eigenvalue weighted by Crippen LogP contribution is 2.23. The van der Waals surface area contributed by atoms with Crippen molar-refractivity contribution in [1.82, 2.24) is 10.6 Å². The third-order valence-electron chi connectivity index (χ3n) is 3.51. The molecule has 2 heterocycles. The van der Waals surface area contributed by atoms with Crippen LogP contribution in [0.1, 0.15) is 35.9 Å². The SMILES string of the molecule is CC[C@@H](NC(=O)c1ccc(Cl)s1)C1CCNCC1. The molecule has 1 amide bonds. The Morgan fingerprint density at radius 2 is 2.28 bits per heavy atom. The van der Waals surface area contributed by atoms with E-state index in [0.29, 0.717) is 15.1 Å². The van der Waals surface area contributed by atoms with E-state index < -0.39 is 0 Å². The second-order valence-corrected chi connectivity index (χ2v) is 6.39. The van der Waals surface area contributed by atoms with E-state index in [4.69, 9.17) is 11.6 Å². The minimum Gasteiger partial charge on any atom is -0.348 e. The molecule has 2 N–H and O–H groups in total. The molecule has 1 fully saturated rings. The number of rotatable bonds is 4. The van der Waals surface area contributed by atoms with E-state index in [9.17, 15) is 4.79 Å². The van der Waals surface area contributed by atoms with Gasteiger partial charge >= 0.3 is 0 Å². The summed E-state index contributed by atoms with van der Waals surface area (Å²) in [5, 5.41) is 6.51. The minimum atomic E-state index is 0.0114. The van der Waals surface area contributed by atoms with Gasteiger partial charge in [0.25, 0.3) is 5.91 Å². The molecule has 0 unspecified atom stereocenters. The van der Waals surface area contributed by atoms with Crippen LogP contribution in [0.15, 0.2) is 12.1 Å². The fourth-order valence-corrected chi connectivity index (χ4v) is 3.42. The van der Waals surface area contributed by atoms with Crippen molar-refractivity contribution in [2.75, 3.05) is 13.1 Å². The monoisotopic (exact) mass is 286 g/mol. The van der Waals surface area contributed by atoms with Crippen LogP contribution in [-0.2, 0) is 0 Å². The van der Waals surface area contributed by atoms with Gasteiger partial charge in [-0.1, -0.05) is 18.5 Å². The molecule has 5 heteroatoms. The molecule has 1 aromatic heterocycles. The Morgan fingerprint density at radius 1 is 1.56 bits per heavy atom. The molecule has 0 spiro atoms. The molecule has 2 rings (SSSR count). The average Bonchev–Trinajstić information content (AvgIpc) is 2.83. The molecule has 1 aliphatic heterocycles. The Morgan fingerprint density at radius 3 is 2.83 bits per heavy atom. The van der Waals surface area contributed by atoms with Crippen LogP contribution in [0.3, 0.4) is 0 Å². The van der Waals surface area contributed by atoms with Crippen LogP contribution in [0.2, 0.25) is 4.34 Å². The van der Waals surface area contributed by atoms with Crippen LogP contribution >= 0.6 is 22.9 Å². The molecular formula is C13H19ClN2OS. The van der Waals surface area contributed by atoms with E-state index >= 15 is 0 Å². The highest BCUT2D eigenvalue weighted by molar-refractivity contribution is 7.17. The van der Waals surface area contributed by atoms with Gasteiger partial charge in [0.1, 0.15) is 0 Å². The van der Waals surface area contributed by atoms with E-state index in [2.05, 4.69) is 17.6 Å². The Hall–Kier alpha value is -0.580. The summed E-state index contributed by atoms with van der Waals surface area (Å²) < 4.78 is 0.662. The lowest BCUT2D eigenvalue weighted by molar-refractivity contribution is 0.0917. The van der Waals surface area contributed by atoms with Crippen LogP contribution in [0, 0.1) is 5.92 Å². The largest absolute Gasteiger partial charge is 0.348 e. The first-order valence-corrected chi connectivity index (χ1v) is 7.67. The quantitative estimate of drug-likeness (QED) is 0.894. The molecule has 1 aromatic rings. The highest BCUT2D eigenvalue weighted by Gasteiger charge is 2.24. The molecule has 100 valence electrons. The Labute approximate surface area is 117 Å². The van der Waals surface area contributed by atoms with Crippen LogP contribution in [-0.4, -0.2) is 25.0 Å². The number of amides is 1. The zero-order valence-corrected chi connectivity index (χ0v) is 12.1. The number of piperidine rings is 1. The van der Waals surface area contributed by atoms with Gasteiger partial charge < -0.3 is 10.6 Å². The van der Waals surface area contributed by atoms with Gasteiger partial charge in [0.15, 0.2) is 0 Å². The molecule has 0 radical (unpaired) electrons. The molecule has 0 aliphatic carbocycles. The summed E-state index contributed by atoms with van der Waals surface area (Å²) in [5.74, 6) is 0.605. The molecule has 1 saturated heterocycles. The molecule has 1 atom stereocenters. The predicted octanol–water partition coefficient (Wildman–Crippen LogP) is 2.91. The summed E-state index contributed by atoms with van der Waals surface area (Å²) in [7, 11) is 0. The second kappa shape index (κ2) is 6.55. The third-order valence-corrected chi connectivity index (χ3v) is 4.74. The lowest BCUT2D eigenvalue weighted by atomic mass is 9.88. The Balaban J connectivity index is 1.95. The van der Waals surface area contributed by atoms with Gasteiger partial charge in [0, 0.05) is 6.04 Å². The van der Waals surface area contributed by atoms with Crippen LogP contribution in [0.5, 0.6) is 0 Å². The zero-order valence-electron chi connectivity index (χ0n) is 10.5. The first-order valence-electron chi connectivity index (χ1n) is 6.47. The van der Waals surface area contributed by atoms with Crippen molar-refractivity contribution >= 4 is 28.8 Å². The number of carbonyl (C=O) groups excluding carboxylic acids is 1. The van der Waals surface area contributed by atoms with Gasteiger partial charge in [-0.15, -0.1) is 11.3 Å². The lowest BCUT2D eigenvalue weighted by Gasteiger charge is -2.30. The van der Waals surface area contributed by atoms with Crippen molar-refractivity contribution in [2.45, 2.75) is 32.2 Å². The second-order valence-electron chi connectivity index (χ2n) is 4.68. The highest BCUT2D eigenvalue weighted by atomic mass is 35.5. The standard InChI is InChI=1S/C13H19ClN2OS/c1-2-10(9-5-7-15-8-6-9)16-13(17)11-3-4-12(14)18-11/h3-4,9-10,15H,2,5-8H2,1H3,(H,16,17)/t10-/m1/s1. The number of halogens is 1. The zero-order chi connectivity index (χ0) is 13.0. The minimum absolute atomic E-state index is 0.0114. The summed E-state index contributed by atoms with van der Waals surface area (Å²) in [6, 6.07) is 3.84. The summed E-state index contributed by atoms with van der Waals surface area (Å²) in [5.41, 5.74) is 0. The van der Waals surface area contributed by atoms with Crippen LogP contribution < -0.4 is 10.6 Å². The fraction of sp³-hybridized carbons (Fsp3) is 0.615. The maximum Gasteiger partial charge on any atom is 0.261 e. The molecule has 1 aliphatic rings. The van der Waals surface area contributed by atoms with Crippen molar-refractivity contribution in [3.05, 3.63) is 21.3 Å². The van der Waals surface area contributed by atoms with Gasteiger partial charge in [-0.2, -0.15) is 0 Å². The fourth-order valence-electron chi connectivity index (χ4n) is 2.48. The third kappa shape index (κ3) is 3.46. The molecule has 18 heavy (non-hydrogen) atoms. The molecule has 3 nitrogen and oxygen atoms in total. The molecular weight excluding hydrogens is 268 g/mol. The van der Waals surface area contributed by atoms with Crippen molar-refractivity contribution in [3.63, 3.8) is 0 Å². The summed E-state index contributed by atoms with van der Waals surface area (Å²) in [6.07, 6.45) is 3.27. The predicted molar refractivity (Wildman–Crippen MR) is 76.5 cm³/mol. The smallest absolute Gasteiger partial charge is 0.261 e. The van der Waals surface area contributed by atoms with Crippen molar-refractivity contribution in [2.24, 2.45) is 5.92 Å². The van der Waals surface area contributed by atoms with E-state index in [0.717, 1.165) is 32.4 Å². The van der Waals surface area contributed by atoms with E-state index in [1.54, 1.807) is 12.1 Å². The van der Waals surface area contributed by atoms with Gasteiger partial charge in [0.2, 0.25) is 0 Å². The van der Waals surface area contributed by atoms with Gasteiger partial charge in [-0.25, -0.2) is 0 Å². The van der Waals surface area contributed by atoms with E-state index in [1.165, 1.54) is 11.3 Å². The first-order chi connectivity index (χ1) is 8.70. The summed E-state index contributed by atoms with van der Waals surface area (Å²) in [4.78, 5) is 12.8. The van der Waals surface area contributed by atoms with Crippen molar-refractivity contribution in [3.8, 4) is 0 Å². The number of hydrogen-bond acceptors (Lipinski definition) is 3. The normalized spacial score (nSPS) is 18.6. The number of nitrogens with one attached hydrogen (secondary N) is 2. The van der Waals surface area contributed by atoms with Gasteiger partial charge in [-0.05, 0) is 50.4 Å². The van der Waals surface area contributed by atoms with E-state index in [1.807, 2.05) is 0 Å². The first kappa shape index (κ1) is 13.8. The van der Waals surface area contributed by atoms with Gasteiger partial charge in [0.05, 0.1) is 9.21 Å². The van der Waals surface area contributed by atoms with Crippen molar-refractivity contribution < 1.29 is 4.79 Å². The van der Waals surface area contributed by atoms with E-state index in [-0.39, 0.29) is 11.9 Å². The molecule has 0 aromatic carbocycles. The summed E-state index contributed by atoms with van der Waals surface area (Å²) >= 11 is 7.19. The Kier molecular flexibility index (Phi) is 5.03. The van der Waals surface area contributed by atoms with Crippen molar-refractivity contribution in [1.29, 1.82) is 0 Å².